The number of ketones is 1. The van der Waals surface area contributed by atoms with Gasteiger partial charge in [0.1, 0.15) is 42.1 Å². The molecule has 410 valence electrons. The molecule has 0 aliphatic carbocycles. The van der Waals surface area contributed by atoms with Gasteiger partial charge in [0.15, 0.2) is 17.6 Å². The molecule has 75 heavy (non-hydrogen) atoms. The molecule has 0 spiro atoms. The van der Waals surface area contributed by atoms with Gasteiger partial charge >= 0.3 is 11.9 Å². The number of esters is 2. The van der Waals surface area contributed by atoms with E-state index in [0.29, 0.717) is 35.3 Å². The molecule has 1 aromatic rings. The molecule has 7 amide bonds. The SMILES string of the molecule is C=C1OC(=O)[C@@H]2Cc3ccc(OC)cc3CN2C(=O)[C@@H]2CCCN2C(=O)[C@H](CC(C)C)NC(=O)[C@H](C(C)C)OC(=O)C[C@H](O)/C(=C(/C)CC)NC(=O)C1=NC(=O)[C@@H](CC(C)C)N(C)C(=O)[C@@H]1CCCN1C(=O)C(C)=O. The van der Waals surface area contributed by atoms with E-state index in [-0.39, 0.29) is 75.7 Å². The van der Waals surface area contributed by atoms with Crippen molar-refractivity contribution in [1.82, 2.24) is 30.2 Å². The highest BCUT2D eigenvalue weighted by atomic mass is 16.6. The van der Waals surface area contributed by atoms with Gasteiger partial charge in [0.05, 0.1) is 13.5 Å². The minimum atomic E-state index is -1.79. The fourth-order valence-corrected chi connectivity index (χ4v) is 9.93. The van der Waals surface area contributed by atoms with E-state index in [1.807, 2.05) is 13.8 Å². The number of nitrogens with zero attached hydrogens (tertiary/aromatic N) is 5. The van der Waals surface area contributed by atoms with Gasteiger partial charge in [0, 0.05) is 45.7 Å². The fourth-order valence-electron chi connectivity index (χ4n) is 9.93. The van der Waals surface area contributed by atoms with Crippen LogP contribution in [0.25, 0.3) is 0 Å². The van der Waals surface area contributed by atoms with Gasteiger partial charge in [-0.25, -0.2) is 9.79 Å². The van der Waals surface area contributed by atoms with Crippen molar-refractivity contribution in [2.24, 2.45) is 22.7 Å². The van der Waals surface area contributed by atoms with Crippen LogP contribution in [0, 0.1) is 17.8 Å². The van der Waals surface area contributed by atoms with Crippen molar-refractivity contribution < 1.29 is 67.3 Å². The van der Waals surface area contributed by atoms with Gasteiger partial charge < -0.3 is 49.6 Å². The number of hydrogen-bond donors (Lipinski definition) is 3. The molecule has 7 atom stereocenters. The van der Waals surface area contributed by atoms with Crippen LogP contribution >= 0.6 is 0 Å². The summed E-state index contributed by atoms with van der Waals surface area (Å²) in [6.07, 6.45) is -2.47. The number of methoxy groups -OCH3 is 1. The molecular formula is C54H75N7O14. The summed E-state index contributed by atoms with van der Waals surface area (Å²) in [7, 11) is 2.82. The first-order valence-electron chi connectivity index (χ1n) is 25.9. The van der Waals surface area contributed by atoms with E-state index in [1.54, 1.807) is 59.7 Å². The number of cyclic esters (lactones) is 2. The molecule has 21 heteroatoms. The lowest BCUT2D eigenvalue weighted by molar-refractivity contribution is -0.161. The van der Waals surface area contributed by atoms with E-state index in [9.17, 15) is 48.3 Å². The predicted octanol–water partition coefficient (Wildman–Crippen LogP) is 3.08. The number of carbonyl (C=O) groups is 10. The Morgan fingerprint density at radius 1 is 0.907 bits per heavy atom. The molecule has 3 N–H and O–H groups in total. The van der Waals surface area contributed by atoms with Crippen LogP contribution in [0.1, 0.15) is 125 Å². The number of amides is 7. The average molecular weight is 1050 g/mol. The summed E-state index contributed by atoms with van der Waals surface area (Å²) >= 11 is 0. The molecule has 0 unspecified atom stereocenters. The van der Waals surface area contributed by atoms with E-state index in [4.69, 9.17) is 14.2 Å². The molecule has 0 bridgehead atoms. The molecule has 3 saturated heterocycles. The van der Waals surface area contributed by atoms with E-state index in [1.165, 1.54) is 24.0 Å². The molecule has 3 fully saturated rings. The molecule has 21 nitrogen and oxygen atoms in total. The fraction of sp³-hybridized carbons (Fsp3) is 0.611. The minimum absolute atomic E-state index is 0.00231. The number of aliphatic hydroxyl groups excluding tert-OH is 1. The lowest BCUT2D eigenvalue weighted by Crippen LogP contribution is -2.58. The second-order valence-corrected chi connectivity index (χ2v) is 21.0. The normalized spacial score (nSPS) is 25.2. The predicted molar refractivity (Wildman–Crippen MR) is 273 cm³/mol. The lowest BCUT2D eigenvalue weighted by atomic mass is 9.92. The minimum Gasteiger partial charge on any atom is -0.497 e. The quantitative estimate of drug-likeness (QED) is 0.213. The number of Topliss-reactive ketones (excluding diaryl/α,β-unsaturated/α-hetero) is 1. The maximum Gasteiger partial charge on any atom is 0.334 e. The van der Waals surface area contributed by atoms with Crippen LogP contribution in [0.2, 0.25) is 0 Å². The zero-order valence-electron chi connectivity index (χ0n) is 45.2. The first-order valence-corrected chi connectivity index (χ1v) is 25.9. The van der Waals surface area contributed by atoms with Crippen LogP contribution in [-0.2, 0) is 70.4 Å². The molecule has 4 heterocycles. The Kier molecular flexibility index (Phi) is 20.2. The average Bonchev–Trinajstić information content (AvgIpc) is 4.06. The number of aliphatic imine (C=N–C) groups is 1. The van der Waals surface area contributed by atoms with Gasteiger partial charge in [-0.3, -0.25) is 43.2 Å². The highest BCUT2D eigenvalue weighted by Crippen LogP contribution is 2.32. The van der Waals surface area contributed by atoms with Crippen LogP contribution in [0.4, 0.5) is 0 Å². The van der Waals surface area contributed by atoms with E-state index >= 15 is 4.79 Å². The molecular weight excluding hydrogens is 971 g/mol. The number of hydrogen-bond acceptors (Lipinski definition) is 14. The Balaban J connectivity index is 1.66. The Hall–Kier alpha value is -6.77. The van der Waals surface area contributed by atoms with Crippen molar-refractivity contribution in [3.05, 3.63) is 52.9 Å². The molecule has 0 aromatic heterocycles. The number of carbonyl (C=O) groups excluding carboxylic acids is 10. The van der Waals surface area contributed by atoms with Gasteiger partial charge in [-0.05, 0) is 92.9 Å². The number of nitrogens with one attached hydrogen (secondary N) is 2. The Morgan fingerprint density at radius 2 is 1.59 bits per heavy atom. The van der Waals surface area contributed by atoms with Crippen molar-refractivity contribution in [2.75, 3.05) is 27.2 Å². The number of rotatable bonds is 11. The van der Waals surface area contributed by atoms with Crippen molar-refractivity contribution in [3.8, 4) is 5.75 Å². The van der Waals surface area contributed by atoms with E-state index < -0.39 is 125 Å². The van der Waals surface area contributed by atoms with Gasteiger partial charge in [-0.2, -0.15) is 0 Å². The van der Waals surface area contributed by atoms with Gasteiger partial charge in [-0.1, -0.05) is 66.7 Å². The second-order valence-electron chi connectivity index (χ2n) is 21.0. The molecule has 0 radical (unpaired) electrons. The number of allylic oxidation sites excluding steroid dienone is 1. The molecule has 5 rings (SSSR count). The maximum absolute atomic E-state index is 15.1. The molecule has 0 saturated carbocycles. The van der Waals surface area contributed by atoms with E-state index in [0.717, 1.165) is 16.7 Å². The van der Waals surface area contributed by atoms with Crippen LogP contribution in [-0.4, -0.2) is 159 Å². The van der Waals surface area contributed by atoms with Gasteiger partial charge in [0.2, 0.25) is 23.5 Å². The van der Waals surface area contributed by atoms with Crippen molar-refractivity contribution in [2.45, 2.75) is 169 Å². The molecule has 1 aromatic carbocycles. The molecule has 4 aliphatic heterocycles. The van der Waals surface area contributed by atoms with Crippen LogP contribution in [0.5, 0.6) is 5.75 Å². The lowest BCUT2D eigenvalue weighted by Gasteiger charge is -2.39. The Bertz CT molecular complexity index is 2500. The first-order chi connectivity index (χ1) is 35.3. The summed E-state index contributed by atoms with van der Waals surface area (Å²) in [5, 5.41) is 17.0. The number of ether oxygens (including phenoxy) is 3. The second kappa shape index (κ2) is 25.6. The molecule has 4 aliphatic rings. The summed E-state index contributed by atoms with van der Waals surface area (Å²) in [6.45, 7) is 19.0. The Morgan fingerprint density at radius 3 is 2.20 bits per heavy atom. The summed E-state index contributed by atoms with van der Waals surface area (Å²) in [5.41, 5.74) is 0.586. The zero-order valence-corrected chi connectivity index (χ0v) is 45.2. The van der Waals surface area contributed by atoms with Crippen molar-refractivity contribution in [3.63, 3.8) is 0 Å². The highest BCUT2D eigenvalue weighted by Gasteiger charge is 2.46. The van der Waals surface area contributed by atoms with E-state index in [2.05, 4.69) is 22.2 Å². The van der Waals surface area contributed by atoms with Crippen molar-refractivity contribution >= 4 is 64.8 Å². The van der Waals surface area contributed by atoms with Crippen LogP contribution in [0.15, 0.2) is 46.8 Å². The van der Waals surface area contributed by atoms with Crippen LogP contribution < -0.4 is 15.4 Å². The monoisotopic (exact) mass is 1050 g/mol. The third-order valence-corrected chi connectivity index (χ3v) is 14.1. The number of fused-ring (bicyclic) bond motifs is 3. The highest BCUT2D eigenvalue weighted by molar-refractivity contribution is 6.46. The largest absolute Gasteiger partial charge is 0.497 e. The number of likely N-dealkylation sites (tertiary alicyclic amines) is 1. The standard InChI is InChI=1S/C54H75N7O14/c1-13-31(8)44-42(63)26-43(64)75-46(30(6)7)49(67)55-37(22-28(2)3)51(69)60-21-15-17-39(60)53(71)61-27-35-24-36(73-12)19-18-34(35)25-41(61)54(72)74-33(10)45(48(66)56-44)57-47(65)40(23-29(4)5)58(11)52(70)38-16-14-20-59(38)50(68)32(9)62/h18-19,24,28-30,37-42,46,63H,10,13-17,20-23,25-27H2,1-9,11-12H3,(H,55,67)(H,56,66)/b44-31+,57-45?/t37-,38-,39-,40+,41-,42-,46-/m0/s1. The summed E-state index contributed by atoms with van der Waals surface area (Å²) in [5.74, 6) is -9.88. The zero-order chi connectivity index (χ0) is 55.7. The summed E-state index contributed by atoms with van der Waals surface area (Å²) in [6, 6.07) is -0.924. The first kappa shape index (κ1) is 59.1. The van der Waals surface area contributed by atoms with Gasteiger partial charge in [0.25, 0.3) is 23.6 Å². The van der Waals surface area contributed by atoms with Crippen molar-refractivity contribution in [1.29, 1.82) is 0 Å². The van der Waals surface area contributed by atoms with Crippen LogP contribution in [0.3, 0.4) is 0 Å². The topological polar surface area (TPSA) is 268 Å². The van der Waals surface area contributed by atoms with Gasteiger partial charge in [-0.15, -0.1) is 0 Å². The number of aliphatic hydroxyl groups is 1. The third kappa shape index (κ3) is 14.1. The number of benzene rings is 1. The third-order valence-electron chi connectivity index (χ3n) is 14.1. The maximum atomic E-state index is 15.1. The smallest absolute Gasteiger partial charge is 0.334 e. The summed E-state index contributed by atoms with van der Waals surface area (Å²) < 4.78 is 17.1. The summed E-state index contributed by atoms with van der Waals surface area (Å²) in [4.78, 5) is 150. The Labute approximate surface area is 438 Å². The number of likely N-dealkylation sites (N-methyl/N-ethyl adjacent to an activating group) is 1.